The van der Waals surface area contributed by atoms with Gasteiger partial charge in [0.15, 0.2) is 11.6 Å². The summed E-state index contributed by atoms with van der Waals surface area (Å²) < 4.78 is 40.1. The number of amides is 1. The van der Waals surface area contributed by atoms with Gasteiger partial charge in [-0.05, 0) is 56.7 Å². The van der Waals surface area contributed by atoms with Crippen LogP contribution in [0.15, 0.2) is 30.3 Å². The van der Waals surface area contributed by atoms with Gasteiger partial charge >= 0.3 is 0 Å². The highest BCUT2D eigenvalue weighted by molar-refractivity contribution is 5.95. The molecule has 3 atom stereocenters. The Balaban J connectivity index is 1.28. The molecule has 8 heteroatoms. The van der Waals surface area contributed by atoms with Crippen LogP contribution in [0.25, 0.3) is 0 Å². The van der Waals surface area contributed by atoms with Crippen molar-refractivity contribution in [1.29, 1.82) is 0 Å². The number of rotatable bonds is 6. The van der Waals surface area contributed by atoms with Gasteiger partial charge in [-0.2, -0.15) is 0 Å². The standard InChI is InChI=1S/C28H34F2N2O4/c1-16(31-27(33)17-4-7-23-24(14-17)36-11-9-28(23,2)34)21-5-6-22(25(30)26(21)35-3)18-12-20(13-18)32-10-8-19(29)15-32/h4-7,14,16,18-20,34H,8-13,15H2,1-3H3,(H,31,33)/t16-,18?,19-,20?,28-/m0/s1. The van der Waals surface area contributed by atoms with E-state index in [9.17, 15) is 14.3 Å². The number of carbonyl (C=O) groups excluding carboxylic acids is 1. The zero-order valence-corrected chi connectivity index (χ0v) is 21.0. The molecule has 0 spiro atoms. The molecule has 194 valence electrons. The van der Waals surface area contributed by atoms with Crippen molar-refractivity contribution >= 4 is 5.91 Å². The van der Waals surface area contributed by atoms with Crippen molar-refractivity contribution in [2.24, 2.45) is 0 Å². The van der Waals surface area contributed by atoms with Gasteiger partial charge in [0, 0.05) is 42.2 Å². The number of hydrogen-bond donors (Lipinski definition) is 2. The smallest absolute Gasteiger partial charge is 0.251 e. The second-order valence-electron chi connectivity index (χ2n) is 10.6. The summed E-state index contributed by atoms with van der Waals surface area (Å²) in [6.07, 6.45) is 1.95. The maximum absolute atomic E-state index is 15.5. The van der Waals surface area contributed by atoms with E-state index in [2.05, 4.69) is 10.2 Å². The molecule has 36 heavy (non-hydrogen) atoms. The van der Waals surface area contributed by atoms with Gasteiger partial charge in [0.05, 0.1) is 25.4 Å². The largest absolute Gasteiger partial charge is 0.493 e. The van der Waals surface area contributed by atoms with Crippen LogP contribution in [0.4, 0.5) is 8.78 Å². The number of aliphatic hydroxyl groups is 1. The van der Waals surface area contributed by atoms with Crippen LogP contribution in [0.1, 0.15) is 78.5 Å². The first-order valence-corrected chi connectivity index (χ1v) is 12.7. The molecule has 2 aromatic rings. The van der Waals surface area contributed by atoms with Crippen molar-refractivity contribution in [1.82, 2.24) is 10.2 Å². The lowest BCUT2D eigenvalue weighted by molar-refractivity contribution is 0.0146. The molecule has 6 nitrogen and oxygen atoms in total. The molecule has 1 saturated heterocycles. The zero-order chi connectivity index (χ0) is 25.6. The molecule has 0 radical (unpaired) electrons. The first kappa shape index (κ1) is 25.0. The SMILES string of the molecule is COc1c([C@H](C)NC(=O)c2ccc3c(c2)OCC[C@]3(C)O)ccc(C2CC(N3CC[C@H](F)C3)C2)c1F. The lowest BCUT2D eigenvalue weighted by atomic mass is 9.74. The third-order valence-electron chi connectivity index (χ3n) is 8.08. The van der Waals surface area contributed by atoms with E-state index in [1.165, 1.54) is 7.11 Å². The number of methoxy groups -OCH3 is 1. The second-order valence-corrected chi connectivity index (χ2v) is 10.6. The fourth-order valence-electron chi connectivity index (χ4n) is 5.74. The van der Waals surface area contributed by atoms with E-state index >= 15 is 4.39 Å². The van der Waals surface area contributed by atoms with Crippen LogP contribution in [-0.4, -0.2) is 54.9 Å². The van der Waals surface area contributed by atoms with Crippen molar-refractivity contribution in [2.75, 3.05) is 26.8 Å². The number of ether oxygens (including phenoxy) is 2. The third kappa shape index (κ3) is 4.57. The Kier molecular flexibility index (Phi) is 6.68. The molecule has 0 unspecified atom stereocenters. The Morgan fingerprint density at radius 1 is 1.31 bits per heavy atom. The fourth-order valence-corrected chi connectivity index (χ4v) is 5.74. The van der Waals surface area contributed by atoms with Crippen LogP contribution < -0.4 is 14.8 Å². The number of nitrogens with one attached hydrogen (secondary N) is 1. The predicted molar refractivity (Wildman–Crippen MR) is 132 cm³/mol. The van der Waals surface area contributed by atoms with E-state index < -0.39 is 23.6 Å². The minimum atomic E-state index is -0.993. The Bertz CT molecular complexity index is 1150. The molecule has 1 saturated carbocycles. The van der Waals surface area contributed by atoms with E-state index in [4.69, 9.17) is 9.47 Å². The molecule has 2 N–H and O–H groups in total. The zero-order valence-electron chi connectivity index (χ0n) is 21.0. The highest BCUT2D eigenvalue weighted by Gasteiger charge is 2.39. The summed E-state index contributed by atoms with van der Waals surface area (Å²) >= 11 is 0. The number of nitrogens with zero attached hydrogens (tertiary/aromatic N) is 1. The summed E-state index contributed by atoms with van der Waals surface area (Å²) in [6, 6.07) is 8.40. The number of alkyl halides is 1. The van der Waals surface area contributed by atoms with Gasteiger partial charge in [-0.1, -0.05) is 18.2 Å². The Labute approximate surface area is 210 Å². The third-order valence-corrected chi connectivity index (χ3v) is 8.08. The first-order valence-electron chi connectivity index (χ1n) is 12.7. The Hall–Kier alpha value is -2.71. The fraction of sp³-hybridized carbons (Fsp3) is 0.536. The summed E-state index contributed by atoms with van der Waals surface area (Å²) in [5.41, 5.74) is 1.23. The average Bonchev–Trinajstić information content (AvgIpc) is 3.23. The Morgan fingerprint density at radius 2 is 2.08 bits per heavy atom. The normalized spacial score (nSPS) is 28.6. The number of likely N-dealkylation sites (tertiary alicyclic amines) is 1. The van der Waals surface area contributed by atoms with Crippen LogP contribution in [0, 0.1) is 5.82 Å². The second kappa shape index (κ2) is 9.63. The molecule has 1 amide bonds. The number of carbonyl (C=O) groups is 1. The van der Waals surface area contributed by atoms with Crippen molar-refractivity contribution in [3.63, 3.8) is 0 Å². The van der Waals surface area contributed by atoms with Crippen molar-refractivity contribution in [2.45, 2.75) is 69.3 Å². The predicted octanol–water partition coefficient (Wildman–Crippen LogP) is 4.61. The molecule has 2 aliphatic heterocycles. The average molecular weight is 501 g/mol. The van der Waals surface area contributed by atoms with Crippen LogP contribution in [0.5, 0.6) is 11.5 Å². The molecule has 2 fully saturated rings. The summed E-state index contributed by atoms with van der Waals surface area (Å²) in [4.78, 5) is 15.2. The summed E-state index contributed by atoms with van der Waals surface area (Å²) in [5, 5.41) is 13.5. The van der Waals surface area contributed by atoms with E-state index in [0.29, 0.717) is 60.0 Å². The summed E-state index contributed by atoms with van der Waals surface area (Å²) in [5.74, 6) is -0.0138. The summed E-state index contributed by atoms with van der Waals surface area (Å²) in [7, 11) is 1.43. The van der Waals surface area contributed by atoms with Crippen molar-refractivity contribution < 1.29 is 28.2 Å². The molecular weight excluding hydrogens is 466 g/mol. The molecule has 3 aliphatic rings. The van der Waals surface area contributed by atoms with E-state index in [1.54, 1.807) is 38.1 Å². The number of fused-ring (bicyclic) bond motifs is 1. The first-order chi connectivity index (χ1) is 17.2. The molecule has 1 aliphatic carbocycles. The van der Waals surface area contributed by atoms with Gasteiger partial charge in [0.25, 0.3) is 5.91 Å². The molecule has 2 aromatic carbocycles. The highest BCUT2D eigenvalue weighted by atomic mass is 19.1. The molecule has 0 aromatic heterocycles. The number of halogens is 2. The topological polar surface area (TPSA) is 71.0 Å². The van der Waals surface area contributed by atoms with Gasteiger partial charge < -0.3 is 19.9 Å². The maximum atomic E-state index is 15.5. The van der Waals surface area contributed by atoms with Gasteiger partial charge in [-0.3, -0.25) is 9.69 Å². The van der Waals surface area contributed by atoms with Crippen LogP contribution in [0.3, 0.4) is 0 Å². The van der Waals surface area contributed by atoms with Gasteiger partial charge in [-0.15, -0.1) is 0 Å². The van der Waals surface area contributed by atoms with Crippen molar-refractivity contribution in [3.8, 4) is 11.5 Å². The monoisotopic (exact) mass is 500 g/mol. The maximum Gasteiger partial charge on any atom is 0.251 e. The summed E-state index contributed by atoms with van der Waals surface area (Å²) in [6.45, 7) is 5.15. The van der Waals surface area contributed by atoms with Gasteiger partial charge in [-0.25, -0.2) is 8.78 Å². The minimum absolute atomic E-state index is 0.0780. The van der Waals surface area contributed by atoms with E-state index in [1.807, 2.05) is 6.07 Å². The number of hydrogen-bond acceptors (Lipinski definition) is 5. The van der Waals surface area contributed by atoms with E-state index in [-0.39, 0.29) is 17.6 Å². The van der Waals surface area contributed by atoms with Gasteiger partial charge in [0.2, 0.25) is 0 Å². The van der Waals surface area contributed by atoms with E-state index in [0.717, 1.165) is 19.4 Å². The van der Waals surface area contributed by atoms with Crippen LogP contribution >= 0.6 is 0 Å². The molecular formula is C28H34F2N2O4. The lowest BCUT2D eigenvalue weighted by Crippen LogP contribution is -2.42. The van der Waals surface area contributed by atoms with Gasteiger partial charge in [0.1, 0.15) is 11.9 Å². The molecule has 0 bridgehead atoms. The van der Waals surface area contributed by atoms with Crippen LogP contribution in [0.2, 0.25) is 0 Å². The highest BCUT2D eigenvalue weighted by Crippen LogP contribution is 2.44. The molecule has 2 heterocycles. The van der Waals surface area contributed by atoms with Crippen molar-refractivity contribution in [3.05, 3.63) is 58.4 Å². The lowest BCUT2D eigenvalue weighted by Gasteiger charge is -2.41. The quantitative estimate of drug-likeness (QED) is 0.607. The Morgan fingerprint density at radius 3 is 2.78 bits per heavy atom. The molecule has 5 rings (SSSR count). The number of benzene rings is 2. The minimum Gasteiger partial charge on any atom is -0.493 e. The van der Waals surface area contributed by atoms with Crippen LogP contribution in [-0.2, 0) is 5.60 Å².